The van der Waals surface area contributed by atoms with E-state index in [4.69, 9.17) is 9.47 Å². The number of hydrogen-bond donors (Lipinski definition) is 1. The van der Waals surface area contributed by atoms with Crippen LogP contribution in [0.3, 0.4) is 0 Å². The highest BCUT2D eigenvalue weighted by Gasteiger charge is 2.38. The first-order valence-electron chi connectivity index (χ1n) is 7.93. The molecule has 1 saturated carbocycles. The average Bonchev–Trinajstić information content (AvgIpc) is 3.12. The van der Waals surface area contributed by atoms with Gasteiger partial charge < -0.3 is 14.8 Å². The Hall–Kier alpha value is -1.48. The fraction of sp³-hybridized carbons (Fsp3) is 0.556. The van der Waals surface area contributed by atoms with Gasteiger partial charge in [0, 0.05) is 18.8 Å². The molecule has 1 aromatic carbocycles. The van der Waals surface area contributed by atoms with Crippen molar-refractivity contribution in [2.24, 2.45) is 17.8 Å². The molecule has 0 spiro atoms. The van der Waals surface area contributed by atoms with Crippen LogP contribution in [0, 0.1) is 17.8 Å². The minimum atomic E-state index is 0.519. The average molecular weight is 287 g/mol. The summed E-state index contributed by atoms with van der Waals surface area (Å²) in [5.74, 6) is 3.29. The van der Waals surface area contributed by atoms with Crippen LogP contribution in [0.15, 0.2) is 36.4 Å². The van der Waals surface area contributed by atoms with Gasteiger partial charge in [-0.15, -0.1) is 0 Å². The summed E-state index contributed by atoms with van der Waals surface area (Å²) in [5.41, 5.74) is 1.17. The zero-order valence-corrected chi connectivity index (χ0v) is 12.9. The molecule has 2 aliphatic rings. The van der Waals surface area contributed by atoms with Crippen LogP contribution in [0.25, 0.3) is 0 Å². The van der Waals surface area contributed by atoms with Crippen molar-refractivity contribution in [1.82, 2.24) is 0 Å². The van der Waals surface area contributed by atoms with Crippen molar-refractivity contribution >= 4 is 5.69 Å². The molecule has 0 aromatic heterocycles. The summed E-state index contributed by atoms with van der Waals surface area (Å²) in [6.45, 7) is 3.52. The van der Waals surface area contributed by atoms with Crippen LogP contribution in [0.4, 0.5) is 5.69 Å². The van der Waals surface area contributed by atoms with Gasteiger partial charge in [-0.25, -0.2) is 0 Å². The van der Waals surface area contributed by atoms with Crippen molar-refractivity contribution in [1.29, 1.82) is 0 Å². The lowest BCUT2D eigenvalue weighted by molar-refractivity contribution is 0.146. The highest BCUT2D eigenvalue weighted by molar-refractivity contribution is 5.47. The highest BCUT2D eigenvalue weighted by atomic mass is 16.5. The monoisotopic (exact) mass is 287 g/mol. The normalized spacial score (nSPS) is 27.8. The first kappa shape index (κ1) is 14.5. The second-order valence-corrected chi connectivity index (χ2v) is 6.24. The zero-order chi connectivity index (χ0) is 14.7. The molecule has 1 fully saturated rings. The van der Waals surface area contributed by atoms with Crippen molar-refractivity contribution in [3.63, 3.8) is 0 Å². The fourth-order valence-corrected chi connectivity index (χ4v) is 3.66. The number of hydrogen-bond acceptors (Lipinski definition) is 3. The molecule has 0 amide bonds. The lowest BCUT2D eigenvalue weighted by Crippen LogP contribution is -2.28. The van der Waals surface area contributed by atoms with Crippen LogP contribution in [0.2, 0.25) is 0 Å². The summed E-state index contributed by atoms with van der Waals surface area (Å²) < 4.78 is 10.6. The molecular weight excluding hydrogens is 262 g/mol. The van der Waals surface area contributed by atoms with Crippen LogP contribution in [0.5, 0.6) is 5.75 Å². The molecule has 4 atom stereocenters. The van der Waals surface area contributed by atoms with E-state index in [2.05, 4.69) is 36.5 Å². The molecule has 1 N–H and O–H groups in total. The Labute approximate surface area is 127 Å². The zero-order valence-electron chi connectivity index (χ0n) is 12.9. The Morgan fingerprint density at radius 2 is 1.95 bits per heavy atom. The molecule has 0 heterocycles. The van der Waals surface area contributed by atoms with E-state index in [1.807, 2.05) is 12.1 Å². The Morgan fingerprint density at radius 3 is 2.57 bits per heavy atom. The molecule has 3 heteroatoms. The molecule has 0 aliphatic heterocycles. The van der Waals surface area contributed by atoms with Crippen LogP contribution < -0.4 is 10.1 Å². The third-order valence-corrected chi connectivity index (χ3v) is 4.78. The number of fused-ring (bicyclic) bond motifs is 2. The van der Waals surface area contributed by atoms with E-state index in [1.54, 1.807) is 7.11 Å². The lowest BCUT2D eigenvalue weighted by Gasteiger charge is -2.27. The summed E-state index contributed by atoms with van der Waals surface area (Å²) in [5, 5.41) is 3.65. The van der Waals surface area contributed by atoms with Crippen molar-refractivity contribution in [3.8, 4) is 5.75 Å². The molecule has 2 bridgehead atoms. The molecule has 114 valence electrons. The standard InChI is InChI=1S/C18H25NO2/c1-13(18-12-14-3-4-15(18)11-14)19-16-5-7-17(8-6-16)21-10-9-20-2/h3-8,13-15,18-19H,9-12H2,1-2H3. The van der Waals surface area contributed by atoms with Gasteiger partial charge >= 0.3 is 0 Å². The molecule has 4 unspecified atom stereocenters. The number of allylic oxidation sites excluding steroid dienone is 2. The van der Waals surface area contributed by atoms with E-state index >= 15 is 0 Å². The maximum Gasteiger partial charge on any atom is 0.119 e. The maximum atomic E-state index is 5.58. The van der Waals surface area contributed by atoms with Gasteiger partial charge in [-0.3, -0.25) is 0 Å². The van der Waals surface area contributed by atoms with Gasteiger partial charge in [0.2, 0.25) is 0 Å². The van der Waals surface area contributed by atoms with E-state index in [0.717, 1.165) is 23.5 Å². The third-order valence-electron chi connectivity index (χ3n) is 4.78. The predicted octanol–water partition coefficient (Wildman–Crippen LogP) is 3.72. The van der Waals surface area contributed by atoms with Gasteiger partial charge in [0.25, 0.3) is 0 Å². The van der Waals surface area contributed by atoms with Gasteiger partial charge in [-0.2, -0.15) is 0 Å². The quantitative estimate of drug-likeness (QED) is 0.612. The van der Waals surface area contributed by atoms with E-state index in [0.29, 0.717) is 19.3 Å². The van der Waals surface area contributed by atoms with Crippen molar-refractivity contribution < 1.29 is 9.47 Å². The van der Waals surface area contributed by atoms with E-state index in [9.17, 15) is 0 Å². The summed E-state index contributed by atoms with van der Waals surface area (Å²) >= 11 is 0. The Kier molecular flexibility index (Phi) is 4.49. The Balaban J connectivity index is 1.51. The number of ether oxygens (including phenoxy) is 2. The SMILES string of the molecule is COCCOc1ccc(NC(C)C2CC3C=CC2C3)cc1. The van der Waals surface area contributed by atoms with E-state index in [1.165, 1.54) is 18.5 Å². The largest absolute Gasteiger partial charge is 0.491 e. The van der Waals surface area contributed by atoms with Crippen LogP contribution in [-0.2, 0) is 4.74 Å². The maximum absolute atomic E-state index is 5.58. The fourth-order valence-electron chi connectivity index (χ4n) is 3.66. The molecule has 0 radical (unpaired) electrons. The number of methoxy groups -OCH3 is 1. The predicted molar refractivity (Wildman–Crippen MR) is 85.7 cm³/mol. The molecule has 3 nitrogen and oxygen atoms in total. The Morgan fingerprint density at radius 1 is 1.14 bits per heavy atom. The Bertz CT molecular complexity index is 482. The topological polar surface area (TPSA) is 30.5 Å². The summed E-state index contributed by atoms with van der Waals surface area (Å²) in [6.07, 6.45) is 7.53. The van der Waals surface area contributed by atoms with E-state index in [-0.39, 0.29) is 0 Å². The van der Waals surface area contributed by atoms with Gasteiger partial charge in [-0.05, 0) is 61.8 Å². The first-order valence-corrected chi connectivity index (χ1v) is 7.93. The summed E-state index contributed by atoms with van der Waals surface area (Å²) in [6, 6.07) is 8.76. The number of benzene rings is 1. The molecule has 1 aromatic rings. The second kappa shape index (κ2) is 6.52. The van der Waals surface area contributed by atoms with Gasteiger partial charge in [0.1, 0.15) is 12.4 Å². The molecule has 0 saturated heterocycles. The summed E-state index contributed by atoms with van der Waals surface area (Å²) in [7, 11) is 1.68. The van der Waals surface area contributed by atoms with Crippen molar-refractivity contribution in [3.05, 3.63) is 36.4 Å². The molecular formula is C18H25NO2. The van der Waals surface area contributed by atoms with Crippen LogP contribution in [0.1, 0.15) is 19.8 Å². The van der Waals surface area contributed by atoms with E-state index < -0.39 is 0 Å². The van der Waals surface area contributed by atoms with Gasteiger partial charge in [0.05, 0.1) is 6.61 Å². The minimum Gasteiger partial charge on any atom is -0.491 e. The molecule has 21 heavy (non-hydrogen) atoms. The van der Waals surface area contributed by atoms with Crippen LogP contribution in [-0.4, -0.2) is 26.4 Å². The minimum absolute atomic E-state index is 0.519. The highest BCUT2D eigenvalue weighted by Crippen LogP contribution is 2.45. The first-order chi connectivity index (χ1) is 10.3. The number of nitrogens with one attached hydrogen (secondary N) is 1. The summed E-state index contributed by atoms with van der Waals surface area (Å²) in [4.78, 5) is 0. The van der Waals surface area contributed by atoms with Crippen molar-refractivity contribution in [2.45, 2.75) is 25.8 Å². The lowest BCUT2D eigenvalue weighted by atomic mass is 9.87. The number of rotatable bonds is 7. The smallest absolute Gasteiger partial charge is 0.119 e. The van der Waals surface area contributed by atoms with Gasteiger partial charge in [0.15, 0.2) is 0 Å². The number of anilines is 1. The molecule has 2 aliphatic carbocycles. The second-order valence-electron chi connectivity index (χ2n) is 6.24. The molecule has 3 rings (SSSR count). The third kappa shape index (κ3) is 3.41. The van der Waals surface area contributed by atoms with Crippen molar-refractivity contribution in [2.75, 3.05) is 25.6 Å². The van der Waals surface area contributed by atoms with Crippen LogP contribution >= 0.6 is 0 Å². The van der Waals surface area contributed by atoms with Gasteiger partial charge in [-0.1, -0.05) is 12.2 Å².